The second-order valence-corrected chi connectivity index (χ2v) is 5.82. The number of likely N-dealkylation sites (N-methyl/N-ethyl adjacent to an activating group) is 1. The van der Waals surface area contributed by atoms with Gasteiger partial charge in [0.2, 0.25) is 0 Å². The van der Waals surface area contributed by atoms with Gasteiger partial charge in [-0.15, -0.1) is 0 Å². The zero-order valence-corrected chi connectivity index (χ0v) is 11.4. The Bertz CT molecular complexity index is 303. The summed E-state index contributed by atoms with van der Waals surface area (Å²) in [6, 6.07) is 0.411. The number of rotatable bonds is 3. The van der Waals surface area contributed by atoms with Crippen molar-refractivity contribution >= 4 is 5.97 Å². The molecule has 1 N–H and O–H groups in total. The zero-order valence-electron chi connectivity index (χ0n) is 11.4. The number of hydrogen-bond acceptors (Lipinski definition) is 4. The van der Waals surface area contributed by atoms with Crippen LogP contribution in [0.25, 0.3) is 0 Å². The maximum absolute atomic E-state index is 11.5. The molecule has 0 aromatic rings. The van der Waals surface area contributed by atoms with Crippen LogP contribution in [-0.4, -0.2) is 73.4 Å². The molecule has 0 amide bonds. The number of carbonyl (C=O) groups is 1. The molecule has 2 rings (SSSR count). The molecule has 2 heterocycles. The van der Waals surface area contributed by atoms with Gasteiger partial charge in [0.25, 0.3) is 0 Å². The van der Waals surface area contributed by atoms with Crippen molar-refractivity contribution in [3.05, 3.63) is 0 Å². The normalized spacial score (nSPS) is 35.6. The molecule has 0 saturated carbocycles. The first kappa shape index (κ1) is 13.8. The summed E-state index contributed by atoms with van der Waals surface area (Å²) in [6.07, 6.45) is 1.75. The van der Waals surface area contributed by atoms with Gasteiger partial charge in [-0.3, -0.25) is 9.69 Å². The van der Waals surface area contributed by atoms with Crippen LogP contribution in [0.2, 0.25) is 0 Å². The molecule has 0 aromatic carbocycles. The summed E-state index contributed by atoms with van der Waals surface area (Å²) in [6.45, 7) is 6.84. The van der Waals surface area contributed by atoms with Crippen LogP contribution in [0.15, 0.2) is 0 Å². The second kappa shape index (κ2) is 5.55. The lowest BCUT2D eigenvalue weighted by Gasteiger charge is -2.34. The highest BCUT2D eigenvalue weighted by Crippen LogP contribution is 2.31. The highest BCUT2D eigenvalue weighted by Gasteiger charge is 2.44. The molecule has 2 fully saturated rings. The predicted octanol–water partition coefficient (Wildman–Crippen LogP) is 0.504. The molecular formula is C13H24N2O3. The predicted molar refractivity (Wildman–Crippen MR) is 68.7 cm³/mol. The monoisotopic (exact) mass is 256 g/mol. The first-order valence-corrected chi connectivity index (χ1v) is 6.77. The Morgan fingerprint density at radius 2 is 2.28 bits per heavy atom. The van der Waals surface area contributed by atoms with Crippen molar-refractivity contribution in [2.24, 2.45) is 5.41 Å². The standard InChI is InChI=1S/C13H24N2O3/c1-11-8-14(2)5-3-6-15(11)9-13(12(16)17)4-7-18-10-13/h11H,3-10H2,1-2H3,(H,16,17). The SMILES string of the molecule is CC1CN(C)CCCN1CC1(C(=O)O)CCOC1. The van der Waals surface area contributed by atoms with E-state index in [-0.39, 0.29) is 0 Å². The fraction of sp³-hybridized carbons (Fsp3) is 0.923. The van der Waals surface area contributed by atoms with Crippen molar-refractivity contribution < 1.29 is 14.6 Å². The molecule has 2 unspecified atom stereocenters. The molecule has 5 nitrogen and oxygen atoms in total. The minimum atomic E-state index is -0.704. The van der Waals surface area contributed by atoms with E-state index < -0.39 is 11.4 Å². The molecule has 18 heavy (non-hydrogen) atoms. The zero-order chi connectivity index (χ0) is 13.2. The van der Waals surface area contributed by atoms with E-state index in [9.17, 15) is 9.90 Å². The van der Waals surface area contributed by atoms with Crippen LogP contribution in [-0.2, 0) is 9.53 Å². The second-order valence-electron chi connectivity index (χ2n) is 5.82. The molecule has 2 aliphatic rings. The summed E-state index contributed by atoms with van der Waals surface area (Å²) >= 11 is 0. The third kappa shape index (κ3) is 2.84. The van der Waals surface area contributed by atoms with E-state index >= 15 is 0 Å². The van der Waals surface area contributed by atoms with Gasteiger partial charge in [0.1, 0.15) is 5.41 Å². The first-order valence-electron chi connectivity index (χ1n) is 6.77. The lowest BCUT2D eigenvalue weighted by molar-refractivity contribution is -0.150. The van der Waals surface area contributed by atoms with E-state index in [0.717, 1.165) is 26.1 Å². The van der Waals surface area contributed by atoms with Gasteiger partial charge in [-0.25, -0.2) is 0 Å². The molecular weight excluding hydrogens is 232 g/mol. The molecule has 104 valence electrons. The van der Waals surface area contributed by atoms with Crippen LogP contribution in [0.4, 0.5) is 0 Å². The Morgan fingerprint density at radius 3 is 2.89 bits per heavy atom. The topological polar surface area (TPSA) is 53.0 Å². The van der Waals surface area contributed by atoms with Gasteiger partial charge < -0.3 is 14.7 Å². The average molecular weight is 256 g/mol. The van der Waals surface area contributed by atoms with Crippen LogP contribution in [0.3, 0.4) is 0 Å². The van der Waals surface area contributed by atoms with Crippen molar-refractivity contribution in [1.29, 1.82) is 0 Å². The molecule has 0 spiro atoms. The summed E-state index contributed by atoms with van der Waals surface area (Å²) in [5, 5.41) is 9.49. The third-order valence-electron chi connectivity index (χ3n) is 4.25. The molecule has 0 bridgehead atoms. The van der Waals surface area contributed by atoms with Crippen LogP contribution in [0.1, 0.15) is 19.8 Å². The van der Waals surface area contributed by atoms with E-state index in [1.807, 2.05) is 0 Å². The van der Waals surface area contributed by atoms with Crippen molar-refractivity contribution in [2.75, 3.05) is 46.4 Å². The summed E-state index contributed by atoms with van der Waals surface area (Å²) in [4.78, 5) is 16.2. The Labute approximate surface area is 109 Å². The molecule has 2 atom stereocenters. The number of carboxylic acid groups (broad SMARTS) is 1. The minimum absolute atomic E-state index is 0.362. The van der Waals surface area contributed by atoms with Gasteiger partial charge in [-0.1, -0.05) is 0 Å². The molecule has 0 aromatic heterocycles. The molecule has 0 radical (unpaired) electrons. The van der Waals surface area contributed by atoms with E-state index in [4.69, 9.17) is 4.74 Å². The van der Waals surface area contributed by atoms with Gasteiger partial charge in [-0.2, -0.15) is 0 Å². The van der Waals surface area contributed by atoms with Crippen LogP contribution in [0.5, 0.6) is 0 Å². The van der Waals surface area contributed by atoms with Gasteiger partial charge in [0.15, 0.2) is 0 Å². The average Bonchev–Trinajstić information content (AvgIpc) is 2.71. The molecule has 5 heteroatoms. The highest BCUT2D eigenvalue weighted by atomic mass is 16.5. The van der Waals surface area contributed by atoms with Crippen molar-refractivity contribution in [3.63, 3.8) is 0 Å². The first-order chi connectivity index (χ1) is 8.53. The lowest BCUT2D eigenvalue weighted by atomic mass is 9.86. The van der Waals surface area contributed by atoms with Crippen molar-refractivity contribution in [1.82, 2.24) is 9.80 Å². The number of aliphatic carboxylic acids is 1. The van der Waals surface area contributed by atoms with Gasteiger partial charge in [0, 0.05) is 25.7 Å². The molecule has 2 saturated heterocycles. The number of ether oxygens (including phenoxy) is 1. The van der Waals surface area contributed by atoms with Crippen LogP contribution in [0, 0.1) is 5.41 Å². The molecule has 0 aliphatic carbocycles. The minimum Gasteiger partial charge on any atom is -0.481 e. The Balaban J connectivity index is 2.04. The van der Waals surface area contributed by atoms with E-state index in [1.54, 1.807) is 0 Å². The smallest absolute Gasteiger partial charge is 0.313 e. The summed E-state index contributed by atoms with van der Waals surface area (Å²) in [5.74, 6) is -0.704. The highest BCUT2D eigenvalue weighted by molar-refractivity contribution is 5.75. The number of nitrogens with zero attached hydrogens (tertiary/aromatic N) is 2. The van der Waals surface area contributed by atoms with Gasteiger partial charge >= 0.3 is 5.97 Å². The fourth-order valence-corrected chi connectivity index (χ4v) is 3.01. The summed E-state index contributed by atoms with van der Waals surface area (Å²) < 4.78 is 5.33. The Morgan fingerprint density at radius 1 is 1.50 bits per heavy atom. The number of carboxylic acids is 1. The maximum Gasteiger partial charge on any atom is 0.313 e. The third-order valence-corrected chi connectivity index (χ3v) is 4.25. The summed E-state index contributed by atoms with van der Waals surface area (Å²) in [5.41, 5.74) is -0.683. The maximum atomic E-state index is 11.5. The van der Waals surface area contributed by atoms with E-state index in [1.165, 1.54) is 0 Å². The quantitative estimate of drug-likeness (QED) is 0.797. The van der Waals surface area contributed by atoms with Crippen molar-refractivity contribution in [2.45, 2.75) is 25.8 Å². The number of hydrogen-bond donors (Lipinski definition) is 1. The van der Waals surface area contributed by atoms with Crippen LogP contribution < -0.4 is 0 Å². The lowest BCUT2D eigenvalue weighted by Crippen LogP contribution is -2.48. The van der Waals surface area contributed by atoms with Crippen LogP contribution >= 0.6 is 0 Å². The fourth-order valence-electron chi connectivity index (χ4n) is 3.01. The summed E-state index contributed by atoms with van der Waals surface area (Å²) in [7, 11) is 2.13. The Kier molecular flexibility index (Phi) is 4.25. The van der Waals surface area contributed by atoms with Gasteiger partial charge in [-0.05, 0) is 39.9 Å². The van der Waals surface area contributed by atoms with Gasteiger partial charge in [0.05, 0.1) is 6.61 Å². The van der Waals surface area contributed by atoms with E-state index in [0.29, 0.717) is 32.2 Å². The largest absolute Gasteiger partial charge is 0.481 e. The van der Waals surface area contributed by atoms with Crippen molar-refractivity contribution in [3.8, 4) is 0 Å². The van der Waals surface area contributed by atoms with E-state index in [2.05, 4.69) is 23.8 Å². The Hall–Kier alpha value is -0.650. The molecule has 2 aliphatic heterocycles.